The van der Waals surface area contributed by atoms with Crippen LogP contribution in [0.25, 0.3) is 22.2 Å². The number of benzene rings is 2. The monoisotopic (exact) mass is 339 g/mol. The number of H-pyrrole nitrogens is 2. The van der Waals surface area contributed by atoms with E-state index in [0.29, 0.717) is 6.04 Å². The largest absolute Gasteiger partial charge is 0.379 e. The molecule has 2 heterocycles. The van der Waals surface area contributed by atoms with Crippen LogP contribution in [0.2, 0.25) is 0 Å². The molecule has 4 rings (SSSR count). The zero-order chi connectivity index (χ0) is 17.4. The smallest absolute Gasteiger partial charge is 0.323 e. The van der Waals surface area contributed by atoms with E-state index in [1.54, 1.807) is 0 Å². The van der Waals surface area contributed by atoms with Gasteiger partial charge in [-0.2, -0.15) is 0 Å². The standard InChI is InChI=1S/C20H23N3O2.H2/c1-13-12-25-9-8-23(13)11-16-4-3-5-17(14(16)2)15-6-7-18-19(10-15)22-20(24)21-18;/h3-7,10,13H,8-9,11-12H2,1-2H3,(H2,21,22,24);1H/t13-;/m1./s1. The molecule has 132 valence electrons. The molecule has 0 spiro atoms. The number of aromatic amines is 2. The molecule has 1 aliphatic heterocycles. The first-order chi connectivity index (χ1) is 12.1. The number of fused-ring (bicyclic) bond motifs is 1. The van der Waals surface area contributed by atoms with E-state index < -0.39 is 0 Å². The maximum atomic E-state index is 11.5. The first-order valence-electron chi connectivity index (χ1n) is 8.74. The fraction of sp³-hybridized carbons (Fsp3) is 0.350. The van der Waals surface area contributed by atoms with Gasteiger partial charge in [-0.15, -0.1) is 0 Å². The lowest BCUT2D eigenvalue weighted by molar-refractivity contribution is -0.00443. The molecule has 0 unspecified atom stereocenters. The molecule has 0 radical (unpaired) electrons. The maximum absolute atomic E-state index is 11.5. The number of imidazole rings is 1. The summed E-state index contributed by atoms with van der Waals surface area (Å²) in [5, 5.41) is 0. The first-order valence-corrected chi connectivity index (χ1v) is 8.74. The normalized spacial score (nSPS) is 18.7. The van der Waals surface area contributed by atoms with Crippen molar-refractivity contribution in [3.05, 3.63) is 58.0 Å². The number of rotatable bonds is 3. The zero-order valence-electron chi connectivity index (χ0n) is 14.6. The highest BCUT2D eigenvalue weighted by Gasteiger charge is 2.20. The molecule has 1 saturated heterocycles. The first kappa shape index (κ1) is 16.1. The summed E-state index contributed by atoms with van der Waals surface area (Å²) in [6, 6.07) is 13.0. The highest BCUT2D eigenvalue weighted by atomic mass is 16.5. The molecule has 1 atom stereocenters. The van der Waals surface area contributed by atoms with E-state index in [1.165, 1.54) is 16.7 Å². The van der Waals surface area contributed by atoms with Gasteiger partial charge in [0.25, 0.3) is 0 Å². The summed E-state index contributed by atoms with van der Waals surface area (Å²) in [5.41, 5.74) is 6.48. The van der Waals surface area contributed by atoms with Gasteiger partial charge >= 0.3 is 5.69 Å². The number of aromatic nitrogens is 2. The third-order valence-corrected chi connectivity index (χ3v) is 5.15. The lowest BCUT2D eigenvalue weighted by Gasteiger charge is -2.33. The van der Waals surface area contributed by atoms with Crippen LogP contribution in [-0.4, -0.2) is 40.7 Å². The summed E-state index contributed by atoms with van der Waals surface area (Å²) >= 11 is 0. The van der Waals surface area contributed by atoms with Gasteiger partial charge in [-0.05, 0) is 48.2 Å². The minimum absolute atomic E-state index is 0. The average molecular weight is 339 g/mol. The molecular formula is C20H25N3O2. The molecule has 2 N–H and O–H groups in total. The van der Waals surface area contributed by atoms with Crippen LogP contribution in [0.3, 0.4) is 0 Å². The van der Waals surface area contributed by atoms with Gasteiger partial charge < -0.3 is 14.7 Å². The SMILES string of the molecule is Cc1c(CN2CCOC[C@H]2C)cccc1-c1ccc2[nH]c(=O)[nH]c2c1.[HH]. The van der Waals surface area contributed by atoms with Gasteiger partial charge in [-0.1, -0.05) is 24.3 Å². The van der Waals surface area contributed by atoms with Gasteiger partial charge in [0, 0.05) is 20.6 Å². The minimum atomic E-state index is -0.168. The zero-order valence-corrected chi connectivity index (χ0v) is 14.6. The summed E-state index contributed by atoms with van der Waals surface area (Å²) in [7, 11) is 0. The lowest BCUT2D eigenvalue weighted by Crippen LogP contribution is -2.43. The Morgan fingerprint density at radius 2 is 2.08 bits per heavy atom. The number of ether oxygens (including phenoxy) is 1. The van der Waals surface area contributed by atoms with E-state index in [-0.39, 0.29) is 7.12 Å². The van der Waals surface area contributed by atoms with Crippen LogP contribution in [0.1, 0.15) is 19.5 Å². The molecule has 0 aliphatic carbocycles. The number of hydrogen-bond donors (Lipinski definition) is 2. The van der Waals surface area contributed by atoms with Crippen molar-refractivity contribution >= 4 is 11.0 Å². The molecule has 5 heteroatoms. The third-order valence-electron chi connectivity index (χ3n) is 5.15. The predicted molar refractivity (Wildman–Crippen MR) is 102 cm³/mol. The third kappa shape index (κ3) is 3.13. The van der Waals surface area contributed by atoms with Crippen molar-refractivity contribution < 1.29 is 6.16 Å². The summed E-state index contributed by atoms with van der Waals surface area (Å²) in [5.74, 6) is 0. The van der Waals surface area contributed by atoms with E-state index in [0.717, 1.165) is 42.9 Å². The van der Waals surface area contributed by atoms with E-state index in [9.17, 15) is 4.79 Å². The molecule has 1 aromatic heterocycles. The molecule has 2 aromatic carbocycles. The molecule has 5 nitrogen and oxygen atoms in total. The number of morpholine rings is 1. The summed E-state index contributed by atoms with van der Waals surface area (Å²) in [6.07, 6.45) is 0. The lowest BCUT2D eigenvalue weighted by atomic mass is 9.95. The van der Waals surface area contributed by atoms with Crippen LogP contribution in [0, 0.1) is 6.92 Å². The van der Waals surface area contributed by atoms with E-state index >= 15 is 0 Å². The number of nitrogens with zero attached hydrogens (tertiary/aromatic N) is 1. The van der Waals surface area contributed by atoms with Gasteiger partial charge in [0.2, 0.25) is 0 Å². The fourth-order valence-electron chi connectivity index (χ4n) is 3.58. The second-order valence-electron chi connectivity index (χ2n) is 6.82. The van der Waals surface area contributed by atoms with Crippen LogP contribution in [-0.2, 0) is 11.3 Å². The minimum Gasteiger partial charge on any atom is -0.379 e. The van der Waals surface area contributed by atoms with Crippen molar-refractivity contribution in [2.45, 2.75) is 26.4 Å². The van der Waals surface area contributed by atoms with Gasteiger partial charge in [0.15, 0.2) is 0 Å². The van der Waals surface area contributed by atoms with Crippen molar-refractivity contribution in [3.63, 3.8) is 0 Å². The van der Waals surface area contributed by atoms with Crippen LogP contribution in [0.15, 0.2) is 41.2 Å². The molecule has 3 aromatic rings. The fourth-order valence-corrected chi connectivity index (χ4v) is 3.58. The van der Waals surface area contributed by atoms with Crippen molar-refractivity contribution in [1.29, 1.82) is 0 Å². The molecule has 0 saturated carbocycles. The van der Waals surface area contributed by atoms with Crippen molar-refractivity contribution in [1.82, 2.24) is 14.9 Å². The van der Waals surface area contributed by atoms with Crippen molar-refractivity contribution in [2.24, 2.45) is 0 Å². The van der Waals surface area contributed by atoms with E-state index in [2.05, 4.69) is 53.0 Å². The Balaban J connectivity index is 0.00000196. The Hall–Kier alpha value is -2.37. The predicted octanol–water partition coefficient (Wildman–Crippen LogP) is 3.30. The molecule has 0 bridgehead atoms. The van der Waals surface area contributed by atoms with Gasteiger partial charge in [-0.25, -0.2) is 4.79 Å². The Morgan fingerprint density at radius 1 is 1.24 bits per heavy atom. The van der Waals surface area contributed by atoms with Crippen LogP contribution in [0.5, 0.6) is 0 Å². The Labute approximate surface area is 148 Å². The number of hydrogen-bond acceptors (Lipinski definition) is 3. The van der Waals surface area contributed by atoms with Crippen LogP contribution >= 0.6 is 0 Å². The molecule has 0 amide bonds. The van der Waals surface area contributed by atoms with E-state index in [1.807, 2.05) is 12.1 Å². The second-order valence-corrected chi connectivity index (χ2v) is 6.82. The summed E-state index contributed by atoms with van der Waals surface area (Å²) in [6.45, 7) is 7.92. The Kier molecular flexibility index (Phi) is 4.19. The molecular weight excluding hydrogens is 314 g/mol. The number of nitrogens with one attached hydrogen (secondary N) is 2. The highest BCUT2D eigenvalue weighted by Crippen LogP contribution is 2.28. The van der Waals surface area contributed by atoms with Crippen molar-refractivity contribution in [2.75, 3.05) is 19.8 Å². The Bertz CT molecular complexity index is 963. The van der Waals surface area contributed by atoms with Gasteiger partial charge in [-0.3, -0.25) is 4.90 Å². The second kappa shape index (κ2) is 6.50. The Morgan fingerprint density at radius 3 is 2.92 bits per heavy atom. The quantitative estimate of drug-likeness (QED) is 0.770. The molecule has 1 fully saturated rings. The van der Waals surface area contributed by atoms with Crippen LogP contribution in [0.4, 0.5) is 0 Å². The van der Waals surface area contributed by atoms with Gasteiger partial charge in [0.05, 0.1) is 24.2 Å². The van der Waals surface area contributed by atoms with Gasteiger partial charge in [0.1, 0.15) is 0 Å². The highest BCUT2D eigenvalue weighted by molar-refractivity contribution is 5.82. The summed E-state index contributed by atoms with van der Waals surface area (Å²) in [4.78, 5) is 19.6. The van der Waals surface area contributed by atoms with Crippen molar-refractivity contribution in [3.8, 4) is 11.1 Å². The molecule has 1 aliphatic rings. The average Bonchev–Trinajstić information content (AvgIpc) is 2.98. The molecule has 25 heavy (non-hydrogen) atoms. The summed E-state index contributed by atoms with van der Waals surface area (Å²) < 4.78 is 5.54. The maximum Gasteiger partial charge on any atom is 0.323 e. The topological polar surface area (TPSA) is 61.1 Å². The van der Waals surface area contributed by atoms with E-state index in [4.69, 9.17) is 4.74 Å². The van der Waals surface area contributed by atoms with Crippen LogP contribution < -0.4 is 5.69 Å².